The largest absolute Gasteiger partial charge is 0.431 e. The number of hydrogen-bond acceptors (Lipinski definition) is 7. The van der Waals surface area contributed by atoms with E-state index in [4.69, 9.17) is 4.74 Å². The Bertz CT molecular complexity index is 1260. The van der Waals surface area contributed by atoms with E-state index in [-0.39, 0.29) is 17.4 Å². The quantitative estimate of drug-likeness (QED) is 0.253. The molecule has 0 aliphatic heterocycles. The van der Waals surface area contributed by atoms with Crippen molar-refractivity contribution in [1.82, 2.24) is 15.0 Å². The lowest BCUT2D eigenvalue weighted by Gasteiger charge is -2.12. The van der Waals surface area contributed by atoms with Crippen molar-refractivity contribution in [3.05, 3.63) is 81.2 Å². The molecule has 4 aromatic rings. The van der Waals surface area contributed by atoms with Crippen LogP contribution in [0.5, 0.6) is 11.6 Å². The molecule has 0 bridgehead atoms. The summed E-state index contributed by atoms with van der Waals surface area (Å²) in [5.41, 5.74) is 2.04. The van der Waals surface area contributed by atoms with Crippen molar-refractivity contribution in [2.24, 2.45) is 0 Å². The van der Waals surface area contributed by atoms with Crippen LogP contribution in [0, 0.1) is 10.1 Å². The topological polar surface area (TPSA) is 103 Å². The summed E-state index contributed by atoms with van der Waals surface area (Å²) in [6, 6.07) is 14.8. The fraction of sp³-hybridized carbons (Fsp3) is 0.136. The normalized spacial score (nSPS) is 11.0. The van der Waals surface area contributed by atoms with Crippen LogP contribution in [0.15, 0.2) is 65.5 Å². The van der Waals surface area contributed by atoms with Gasteiger partial charge in [-0.15, -0.1) is 0 Å². The Morgan fingerprint density at radius 3 is 2.55 bits per heavy atom. The standard InChI is InChI=1S/C22H18BrN5O3/c1-13(2)14-5-7-15(8-6-14)27-21-20(28(29)30)22(26-12-25-21)31-18-10-9-17(23)16-4-3-11-24-19(16)18/h3-13H,1-2H3,(H,25,26,27). The molecule has 8 nitrogen and oxygen atoms in total. The van der Waals surface area contributed by atoms with Crippen LogP contribution in [0.2, 0.25) is 0 Å². The number of nitrogens with zero attached hydrogens (tertiary/aromatic N) is 4. The number of anilines is 2. The summed E-state index contributed by atoms with van der Waals surface area (Å²) in [5.74, 6) is 0.613. The van der Waals surface area contributed by atoms with Crippen LogP contribution < -0.4 is 10.1 Å². The number of fused-ring (bicyclic) bond motifs is 1. The predicted molar refractivity (Wildman–Crippen MR) is 122 cm³/mol. The van der Waals surface area contributed by atoms with Gasteiger partial charge in [0, 0.05) is 21.7 Å². The number of hydrogen-bond donors (Lipinski definition) is 1. The monoisotopic (exact) mass is 479 g/mol. The maximum atomic E-state index is 11.9. The highest BCUT2D eigenvalue weighted by Gasteiger charge is 2.26. The molecular weight excluding hydrogens is 462 g/mol. The Hall–Kier alpha value is -3.59. The average molecular weight is 480 g/mol. The van der Waals surface area contributed by atoms with Crippen molar-refractivity contribution < 1.29 is 9.66 Å². The van der Waals surface area contributed by atoms with Crippen LogP contribution in [0.1, 0.15) is 25.3 Å². The molecule has 0 saturated carbocycles. The van der Waals surface area contributed by atoms with Gasteiger partial charge in [-0.05, 0) is 41.8 Å². The van der Waals surface area contributed by atoms with E-state index in [1.807, 2.05) is 30.3 Å². The van der Waals surface area contributed by atoms with Gasteiger partial charge in [0.2, 0.25) is 5.82 Å². The zero-order chi connectivity index (χ0) is 22.0. The number of aromatic nitrogens is 3. The van der Waals surface area contributed by atoms with Gasteiger partial charge in [0.05, 0.1) is 4.92 Å². The van der Waals surface area contributed by atoms with Gasteiger partial charge in [-0.2, -0.15) is 4.98 Å². The lowest BCUT2D eigenvalue weighted by atomic mass is 10.0. The molecule has 9 heteroatoms. The van der Waals surface area contributed by atoms with Gasteiger partial charge >= 0.3 is 11.6 Å². The third-order valence-corrected chi connectivity index (χ3v) is 5.39. The maximum Gasteiger partial charge on any atom is 0.373 e. The average Bonchev–Trinajstić information content (AvgIpc) is 2.76. The second kappa shape index (κ2) is 8.65. The molecule has 0 atom stereocenters. The fourth-order valence-electron chi connectivity index (χ4n) is 3.08. The van der Waals surface area contributed by atoms with Crippen LogP contribution in [0.4, 0.5) is 17.2 Å². The maximum absolute atomic E-state index is 11.9. The minimum absolute atomic E-state index is 0.0432. The summed E-state index contributed by atoms with van der Waals surface area (Å²) in [6.45, 7) is 4.20. The number of rotatable bonds is 6. The highest BCUT2D eigenvalue weighted by molar-refractivity contribution is 9.10. The van der Waals surface area contributed by atoms with E-state index in [1.165, 1.54) is 11.9 Å². The molecule has 4 rings (SSSR count). The molecule has 2 heterocycles. The molecule has 2 aromatic carbocycles. The fourth-order valence-corrected chi connectivity index (χ4v) is 3.53. The highest BCUT2D eigenvalue weighted by atomic mass is 79.9. The van der Waals surface area contributed by atoms with Crippen molar-refractivity contribution >= 4 is 44.0 Å². The number of nitro groups is 1. The highest BCUT2D eigenvalue weighted by Crippen LogP contribution is 2.38. The third kappa shape index (κ3) is 4.31. The van der Waals surface area contributed by atoms with E-state index in [0.717, 1.165) is 9.86 Å². The van der Waals surface area contributed by atoms with Gasteiger partial charge in [0.25, 0.3) is 0 Å². The number of halogens is 1. The zero-order valence-corrected chi connectivity index (χ0v) is 18.3. The summed E-state index contributed by atoms with van der Waals surface area (Å²) < 4.78 is 6.69. The summed E-state index contributed by atoms with van der Waals surface area (Å²) in [5, 5.41) is 15.7. The summed E-state index contributed by atoms with van der Waals surface area (Å²) in [6.07, 6.45) is 2.85. The second-order valence-electron chi connectivity index (χ2n) is 7.08. The van der Waals surface area contributed by atoms with Crippen LogP contribution >= 0.6 is 15.9 Å². The van der Waals surface area contributed by atoms with Crippen molar-refractivity contribution in [2.45, 2.75) is 19.8 Å². The van der Waals surface area contributed by atoms with Gasteiger partial charge in [-0.25, -0.2) is 4.98 Å². The molecule has 0 unspecified atom stereocenters. The molecule has 0 amide bonds. The van der Waals surface area contributed by atoms with Gasteiger partial charge in [-0.1, -0.05) is 48.0 Å². The first-order chi connectivity index (χ1) is 14.9. The first kappa shape index (κ1) is 20.7. The molecule has 1 N–H and O–H groups in total. The first-order valence-corrected chi connectivity index (χ1v) is 10.3. The lowest BCUT2D eigenvalue weighted by Crippen LogP contribution is -2.04. The van der Waals surface area contributed by atoms with Crippen LogP contribution in [0.3, 0.4) is 0 Å². The molecule has 0 spiro atoms. The third-order valence-electron chi connectivity index (χ3n) is 4.70. The SMILES string of the molecule is CC(C)c1ccc(Nc2ncnc(Oc3ccc(Br)c4cccnc34)c2[N+](=O)[O-])cc1. The number of nitrogens with one attached hydrogen (secondary N) is 1. The Morgan fingerprint density at radius 1 is 1.06 bits per heavy atom. The van der Waals surface area contributed by atoms with Crippen molar-refractivity contribution in [2.75, 3.05) is 5.32 Å². The zero-order valence-electron chi connectivity index (χ0n) is 16.7. The Labute approximate surface area is 186 Å². The van der Waals surface area contributed by atoms with Crippen LogP contribution in [-0.4, -0.2) is 19.9 Å². The first-order valence-electron chi connectivity index (χ1n) is 9.51. The molecule has 0 saturated heterocycles. The Kier molecular flexibility index (Phi) is 5.77. The van der Waals surface area contributed by atoms with Gasteiger partial charge in [0.15, 0.2) is 5.75 Å². The van der Waals surface area contributed by atoms with Gasteiger partial charge in [0.1, 0.15) is 11.8 Å². The van der Waals surface area contributed by atoms with Crippen LogP contribution in [0.25, 0.3) is 10.9 Å². The molecule has 31 heavy (non-hydrogen) atoms. The van der Waals surface area contributed by atoms with E-state index in [0.29, 0.717) is 22.9 Å². The molecular formula is C22H18BrN5O3. The molecule has 0 aliphatic carbocycles. The van der Waals surface area contributed by atoms with E-state index >= 15 is 0 Å². The van der Waals surface area contributed by atoms with Crippen molar-refractivity contribution in [1.29, 1.82) is 0 Å². The van der Waals surface area contributed by atoms with Gasteiger partial charge in [-0.3, -0.25) is 15.1 Å². The summed E-state index contributed by atoms with van der Waals surface area (Å²) in [7, 11) is 0. The lowest BCUT2D eigenvalue weighted by molar-refractivity contribution is -0.385. The van der Waals surface area contributed by atoms with E-state index < -0.39 is 4.92 Å². The van der Waals surface area contributed by atoms with Crippen molar-refractivity contribution in [3.63, 3.8) is 0 Å². The van der Waals surface area contributed by atoms with Crippen LogP contribution in [-0.2, 0) is 0 Å². The van der Waals surface area contributed by atoms with E-state index in [1.54, 1.807) is 24.4 Å². The molecule has 0 aliphatic rings. The Morgan fingerprint density at radius 2 is 1.84 bits per heavy atom. The number of ether oxygens (including phenoxy) is 1. The molecule has 0 fully saturated rings. The molecule has 0 radical (unpaired) electrons. The van der Waals surface area contributed by atoms with Crippen molar-refractivity contribution in [3.8, 4) is 11.6 Å². The predicted octanol–water partition coefficient (Wildman–Crippen LogP) is 6.35. The summed E-state index contributed by atoms with van der Waals surface area (Å²) in [4.78, 5) is 23.7. The smallest absolute Gasteiger partial charge is 0.373 e. The minimum Gasteiger partial charge on any atom is -0.431 e. The molecule has 156 valence electrons. The Balaban J connectivity index is 1.72. The van der Waals surface area contributed by atoms with E-state index in [9.17, 15) is 10.1 Å². The number of benzene rings is 2. The molecule has 2 aromatic heterocycles. The van der Waals surface area contributed by atoms with E-state index in [2.05, 4.69) is 50.0 Å². The second-order valence-corrected chi connectivity index (χ2v) is 7.94. The number of pyridine rings is 1. The minimum atomic E-state index is -0.561. The van der Waals surface area contributed by atoms with Gasteiger partial charge < -0.3 is 10.1 Å². The summed E-state index contributed by atoms with van der Waals surface area (Å²) >= 11 is 3.48.